The van der Waals surface area contributed by atoms with E-state index in [-0.39, 0.29) is 0 Å². The lowest BCUT2D eigenvalue weighted by atomic mass is 10.1. The van der Waals surface area contributed by atoms with E-state index in [4.69, 9.17) is 16.9 Å². The molecule has 4 nitrogen and oxygen atoms in total. The van der Waals surface area contributed by atoms with E-state index < -0.39 is 0 Å². The van der Waals surface area contributed by atoms with Crippen LogP contribution in [-0.2, 0) is 6.54 Å². The molecule has 2 N–H and O–H groups in total. The average Bonchev–Trinajstić information content (AvgIpc) is 2.68. The van der Waals surface area contributed by atoms with Crippen LogP contribution in [0.25, 0.3) is 0 Å². The maximum Gasteiger partial charge on any atom is 0.101 e. The van der Waals surface area contributed by atoms with Crippen LogP contribution in [0.2, 0.25) is 5.02 Å². The first-order chi connectivity index (χ1) is 8.61. The summed E-state index contributed by atoms with van der Waals surface area (Å²) in [5.41, 5.74) is 4.44. The number of halogens is 1. The van der Waals surface area contributed by atoms with Gasteiger partial charge in [-0.05, 0) is 32.0 Å². The van der Waals surface area contributed by atoms with Crippen molar-refractivity contribution in [3.05, 3.63) is 45.7 Å². The lowest BCUT2D eigenvalue weighted by Crippen LogP contribution is -2.03. The summed E-state index contributed by atoms with van der Waals surface area (Å²) in [5.74, 6) is 0. The predicted molar refractivity (Wildman–Crippen MR) is 71.6 cm³/mol. The van der Waals surface area contributed by atoms with E-state index in [1.54, 1.807) is 12.1 Å². The second-order valence-corrected chi connectivity index (χ2v) is 4.50. The summed E-state index contributed by atoms with van der Waals surface area (Å²) in [6.45, 7) is 4.56. The highest BCUT2D eigenvalue weighted by molar-refractivity contribution is 6.30. The molecule has 5 heteroatoms. The van der Waals surface area contributed by atoms with Gasteiger partial charge >= 0.3 is 0 Å². The Morgan fingerprint density at radius 1 is 1.44 bits per heavy atom. The van der Waals surface area contributed by atoms with Crippen molar-refractivity contribution in [3.63, 3.8) is 0 Å². The summed E-state index contributed by atoms with van der Waals surface area (Å²) in [6.07, 6.45) is 0. The molecule has 0 aliphatic carbocycles. The van der Waals surface area contributed by atoms with Crippen LogP contribution < -0.4 is 5.32 Å². The van der Waals surface area contributed by atoms with Crippen LogP contribution in [-0.4, -0.2) is 10.2 Å². The van der Waals surface area contributed by atoms with Gasteiger partial charge in [-0.15, -0.1) is 0 Å². The molecule has 0 amide bonds. The number of rotatable bonds is 3. The molecule has 92 valence electrons. The minimum atomic E-state index is 0.543. The Balaban J connectivity index is 2.19. The molecule has 0 saturated carbocycles. The van der Waals surface area contributed by atoms with E-state index in [1.807, 2.05) is 19.9 Å². The fourth-order valence-corrected chi connectivity index (χ4v) is 1.95. The van der Waals surface area contributed by atoms with Gasteiger partial charge in [-0.25, -0.2) is 0 Å². The Kier molecular flexibility index (Phi) is 3.54. The first-order valence-corrected chi connectivity index (χ1v) is 5.93. The van der Waals surface area contributed by atoms with Gasteiger partial charge in [-0.2, -0.15) is 10.4 Å². The van der Waals surface area contributed by atoms with Crippen LogP contribution in [0.15, 0.2) is 18.2 Å². The van der Waals surface area contributed by atoms with E-state index in [9.17, 15) is 0 Å². The monoisotopic (exact) mass is 260 g/mol. The smallest absolute Gasteiger partial charge is 0.101 e. The molecule has 18 heavy (non-hydrogen) atoms. The number of nitrogens with zero attached hydrogens (tertiary/aromatic N) is 2. The molecule has 0 saturated heterocycles. The fourth-order valence-electron chi connectivity index (χ4n) is 1.78. The van der Waals surface area contributed by atoms with Gasteiger partial charge in [-0.3, -0.25) is 5.10 Å². The lowest BCUT2D eigenvalue weighted by molar-refractivity contribution is 1.02. The van der Waals surface area contributed by atoms with Crippen LogP contribution in [0.4, 0.5) is 5.69 Å². The topological polar surface area (TPSA) is 64.5 Å². The summed E-state index contributed by atoms with van der Waals surface area (Å²) in [6, 6.07) is 7.35. The Morgan fingerprint density at radius 2 is 2.22 bits per heavy atom. The quantitative estimate of drug-likeness (QED) is 0.891. The van der Waals surface area contributed by atoms with Gasteiger partial charge < -0.3 is 5.32 Å². The number of aromatic amines is 1. The molecule has 0 aliphatic rings. The van der Waals surface area contributed by atoms with Crippen molar-refractivity contribution in [2.45, 2.75) is 20.4 Å². The minimum Gasteiger partial charge on any atom is -0.380 e. The van der Waals surface area contributed by atoms with Crippen LogP contribution in [0.1, 0.15) is 22.5 Å². The Labute approximate surface area is 111 Å². The number of H-pyrrole nitrogens is 1. The Morgan fingerprint density at radius 3 is 2.83 bits per heavy atom. The number of anilines is 1. The van der Waals surface area contributed by atoms with Crippen molar-refractivity contribution in [1.82, 2.24) is 10.2 Å². The van der Waals surface area contributed by atoms with E-state index in [2.05, 4.69) is 21.6 Å². The molecule has 0 radical (unpaired) electrons. The summed E-state index contributed by atoms with van der Waals surface area (Å²) in [5, 5.41) is 19.9. The number of aromatic nitrogens is 2. The van der Waals surface area contributed by atoms with Crippen LogP contribution >= 0.6 is 11.6 Å². The number of nitrogens with one attached hydrogen (secondary N) is 2. The molecule has 0 aliphatic heterocycles. The van der Waals surface area contributed by atoms with Gasteiger partial charge in [0, 0.05) is 22.8 Å². The Bertz CT molecular complexity index is 590. The van der Waals surface area contributed by atoms with E-state index >= 15 is 0 Å². The molecule has 0 fully saturated rings. The van der Waals surface area contributed by atoms with Crippen molar-refractivity contribution in [2.24, 2.45) is 0 Å². The van der Waals surface area contributed by atoms with Gasteiger partial charge in [0.15, 0.2) is 0 Å². The third kappa shape index (κ3) is 2.47. The van der Waals surface area contributed by atoms with Crippen molar-refractivity contribution < 1.29 is 0 Å². The fraction of sp³-hybridized carbons (Fsp3) is 0.231. The largest absolute Gasteiger partial charge is 0.380 e. The number of hydrogen-bond donors (Lipinski definition) is 2. The maximum absolute atomic E-state index is 9.04. The second-order valence-electron chi connectivity index (χ2n) is 4.07. The minimum absolute atomic E-state index is 0.543. The molecular formula is C13H13ClN4. The second kappa shape index (κ2) is 5.11. The first-order valence-electron chi connectivity index (χ1n) is 5.55. The zero-order valence-electron chi connectivity index (χ0n) is 10.2. The maximum atomic E-state index is 9.04. The van der Waals surface area contributed by atoms with Gasteiger partial charge in [-0.1, -0.05) is 11.6 Å². The third-order valence-corrected chi connectivity index (χ3v) is 3.07. The van der Waals surface area contributed by atoms with E-state index in [1.165, 1.54) is 0 Å². The van der Waals surface area contributed by atoms with Crippen molar-refractivity contribution in [2.75, 3.05) is 5.32 Å². The number of nitriles is 1. The highest BCUT2D eigenvalue weighted by Crippen LogP contribution is 2.21. The normalized spacial score (nSPS) is 10.1. The molecular weight excluding hydrogens is 248 g/mol. The summed E-state index contributed by atoms with van der Waals surface area (Å²) < 4.78 is 0. The Hall–Kier alpha value is -1.99. The highest BCUT2D eigenvalue weighted by atomic mass is 35.5. The molecule has 2 aromatic rings. The van der Waals surface area contributed by atoms with E-state index in [0.717, 1.165) is 22.6 Å². The molecule has 0 bridgehead atoms. The van der Waals surface area contributed by atoms with Crippen molar-refractivity contribution >= 4 is 17.3 Å². The van der Waals surface area contributed by atoms with Crippen molar-refractivity contribution in [1.29, 1.82) is 5.26 Å². The molecule has 0 atom stereocenters. The molecule has 2 rings (SSSR count). The molecule has 1 heterocycles. The predicted octanol–water partition coefficient (Wildman–Crippen LogP) is 3.16. The third-order valence-electron chi connectivity index (χ3n) is 2.84. The number of aryl methyl sites for hydroxylation is 2. The summed E-state index contributed by atoms with van der Waals surface area (Å²) in [7, 11) is 0. The zero-order chi connectivity index (χ0) is 13.1. The molecule has 1 aromatic heterocycles. The van der Waals surface area contributed by atoms with Crippen LogP contribution in [0.5, 0.6) is 0 Å². The highest BCUT2D eigenvalue weighted by Gasteiger charge is 2.07. The molecule has 0 spiro atoms. The summed E-state index contributed by atoms with van der Waals surface area (Å²) in [4.78, 5) is 0. The standard InChI is InChI=1S/C13H13ClN4/c1-8-12(9(2)18-17-8)7-16-13-4-3-11(14)5-10(13)6-15/h3-5,16H,7H2,1-2H3,(H,17,18). The van der Waals surface area contributed by atoms with Gasteiger partial charge in [0.25, 0.3) is 0 Å². The lowest BCUT2D eigenvalue weighted by Gasteiger charge is -2.08. The summed E-state index contributed by atoms with van der Waals surface area (Å²) >= 11 is 5.85. The molecule has 0 unspecified atom stereocenters. The van der Waals surface area contributed by atoms with Crippen LogP contribution in [0, 0.1) is 25.2 Å². The SMILES string of the molecule is Cc1n[nH]c(C)c1CNc1ccc(Cl)cc1C#N. The van der Waals surface area contributed by atoms with Gasteiger partial charge in [0.05, 0.1) is 16.9 Å². The van der Waals surface area contributed by atoms with Gasteiger partial charge in [0.2, 0.25) is 0 Å². The molecule has 1 aromatic carbocycles. The zero-order valence-corrected chi connectivity index (χ0v) is 11.0. The van der Waals surface area contributed by atoms with E-state index in [0.29, 0.717) is 17.1 Å². The number of hydrogen-bond acceptors (Lipinski definition) is 3. The number of benzene rings is 1. The van der Waals surface area contributed by atoms with Crippen molar-refractivity contribution in [3.8, 4) is 6.07 Å². The van der Waals surface area contributed by atoms with Crippen LogP contribution in [0.3, 0.4) is 0 Å². The average molecular weight is 261 g/mol. The van der Waals surface area contributed by atoms with Gasteiger partial charge in [0.1, 0.15) is 6.07 Å². The first kappa shape index (κ1) is 12.5.